The first-order valence-electron chi connectivity index (χ1n) is 6.10. The monoisotopic (exact) mass is 234 g/mol. The standard InChI is InChI=1S/C13H18N2O2/c16-13(17)6-10-15(12-1-2-12)9-5-11-3-7-14-8-4-11/h3-4,7-8,12H,1-2,5-6,9-10H2,(H,16,17). The first-order chi connectivity index (χ1) is 8.25. The van der Waals surface area contributed by atoms with Crippen molar-refractivity contribution >= 4 is 5.97 Å². The molecule has 1 aliphatic rings. The predicted octanol–water partition coefficient (Wildman–Crippen LogP) is 1.56. The van der Waals surface area contributed by atoms with Crippen LogP contribution >= 0.6 is 0 Å². The highest BCUT2D eigenvalue weighted by molar-refractivity contribution is 5.66. The Hall–Kier alpha value is -1.42. The smallest absolute Gasteiger partial charge is 0.304 e. The molecule has 1 aliphatic carbocycles. The van der Waals surface area contributed by atoms with Gasteiger partial charge in [-0.1, -0.05) is 0 Å². The molecule has 17 heavy (non-hydrogen) atoms. The highest BCUT2D eigenvalue weighted by atomic mass is 16.4. The minimum absolute atomic E-state index is 0.243. The third-order valence-corrected chi connectivity index (χ3v) is 3.11. The van der Waals surface area contributed by atoms with Crippen LogP contribution in [0.25, 0.3) is 0 Å². The van der Waals surface area contributed by atoms with Crippen LogP contribution < -0.4 is 0 Å². The van der Waals surface area contributed by atoms with Gasteiger partial charge in [0.05, 0.1) is 6.42 Å². The number of nitrogens with zero attached hydrogens (tertiary/aromatic N) is 2. The van der Waals surface area contributed by atoms with Gasteiger partial charge in [0, 0.05) is 31.5 Å². The number of hydrogen-bond donors (Lipinski definition) is 1. The number of hydrogen-bond acceptors (Lipinski definition) is 3. The quantitative estimate of drug-likeness (QED) is 0.778. The second kappa shape index (κ2) is 5.77. The van der Waals surface area contributed by atoms with Crippen molar-refractivity contribution in [3.63, 3.8) is 0 Å². The molecule has 4 nitrogen and oxygen atoms in total. The molecule has 0 aliphatic heterocycles. The molecule has 1 aromatic heterocycles. The Labute approximate surface area is 101 Å². The molecular weight excluding hydrogens is 216 g/mol. The van der Waals surface area contributed by atoms with Gasteiger partial charge in [-0.2, -0.15) is 0 Å². The van der Waals surface area contributed by atoms with Gasteiger partial charge in [0.15, 0.2) is 0 Å². The van der Waals surface area contributed by atoms with E-state index in [4.69, 9.17) is 5.11 Å². The summed E-state index contributed by atoms with van der Waals surface area (Å²) >= 11 is 0. The van der Waals surface area contributed by atoms with Gasteiger partial charge >= 0.3 is 5.97 Å². The van der Waals surface area contributed by atoms with Crippen LogP contribution in [0.5, 0.6) is 0 Å². The van der Waals surface area contributed by atoms with E-state index in [9.17, 15) is 4.79 Å². The van der Waals surface area contributed by atoms with E-state index in [-0.39, 0.29) is 6.42 Å². The minimum atomic E-state index is -0.709. The number of carboxylic acid groups (broad SMARTS) is 1. The molecule has 0 aromatic carbocycles. The number of carbonyl (C=O) groups is 1. The summed E-state index contributed by atoms with van der Waals surface area (Å²) in [6.07, 6.45) is 7.25. The molecule has 1 aromatic rings. The van der Waals surface area contributed by atoms with Crippen LogP contribution in [0, 0.1) is 0 Å². The van der Waals surface area contributed by atoms with Crippen LogP contribution in [0.1, 0.15) is 24.8 Å². The van der Waals surface area contributed by atoms with Crippen molar-refractivity contribution in [2.24, 2.45) is 0 Å². The fourth-order valence-electron chi connectivity index (χ4n) is 1.98. The lowest BCUT2D eigenvalue weighted by atomic mass is 10.2. The van der Waals surface area contributed by atoms with Gasteiger partial charge in [0.1, 0.15) is 0 Å². The molecule has 0 spiro atoms. The van der Waals surface area contributed by atoms with Crippen molar-refractivity contribution in [1.29, 1.82) is 0 Å². The molecule has 1 heterocycles. The lowest BCUT2D eigenvalue weighted by Gasteiger charge is -2.20. The van der Waals surface area contributed by atoms with Crippen molar-refractivity contribution < 1.29 is 9.90 Å². The van der Waals surface area contributed by atoms with Crippen LogP contribution in [0.2, 0.25) is 0 Å². The average molecular weight is 234 g/mol. The summed E-state index contributed by atoms with van der Waals surface area (Å²) in [5, 5.41) is 8.71. The van der Waals surface area contributed by atoms with Gasteiger partial charge in [-0.25, -0.2) is 0 Å². The molecule has 1 N–H and O–H groups in total. The predicted molar refractivity (Wildman–Crippen MR) is 64.8 cm³/mol. The molecule has 0 atom stereocenters. The summed E-state index contributed by atoms with van der Waals surface area (Å²) in [5.41, 5.74) is 1.26. The lowest BCUT2D eigenvalue weighted by Crippen LogP contribution is -2.30. The molecule has 0 bridgehead atoms. The van der Waals surface area contributed by atoms with Gasteiger partial charge in [-0.3, -0.25) is 14.7 Å². The van der Waals surface area contributed by atoms with Crippen molar-refractivity contribution in [3.8, 4) is 0 Å². The Morgan fingerprint density at radius 3 is 2.65 bits per heavy atom. The summed E-state index contributed by atoms with van der Waals surface area (Å²) < 4.78 is 0. The number of aliphatic carboxylic acids is 1. The fourth-order valence-corrected chi connectivity index (χ4v) is 1.98. The molecule has 0 saturated heterocycles. The van der Waals surface area contributed by atoms with E-state index in [0.717, 1.165) is 13.0 Å². The van der Waals surface area contributed by atoms with Gasteiger partial charge in [0.25, 0.3) is 0 Å². The molecule has 1 fully saturated rings. The fraction of sp³-hybridized carbons (Fsp3) is 0.538. The largest absolute Gasteiger partial charge is 0.481 e. The van der Waals surface area contributed by atoms with E-state index >= 15 is 0 Å². The van der Waals surface area contributed by atoms with E-state index < -0.39 is 5.97 Å². The van der Waals surface area contributed by atoms with Crippen LogP contribution in [-0.4, -0.2) is 40.1 Å². The third-order valence-electron chi connectivity index (χ3n) is 3.11. The van der Waals surface area contributed by atoms with Crippen LogP contribution in [-0.2, 0) is 11.2 Å². The Morgan fingerprint density at radius 2 is 2.06 bits per heavy atom. The molecule has 1 saturated carbocycles. The van der Waals surface area contributed by atoms with Gasteiger partial charge < -0.3 is 5.11 Å². The van der Waals surface area contributed by atoms with Crippen molar-refractivity contribution in [2.75, 3.05) is 13.1 Å². The average Bonchev–Trinajstić information content (AvgIpc) is 3.14. The maximum absolute atomic E-state index is 10.6. The number of pyridine rings is 1. The van der Waals surface area contributed by atoms with E-state index in [1.54, 1.807) is 12.4 Å². The molecular formula is C13H18N2O2. The first-order valence-corrected chi connectivity index (χ1v) is 6.10. The Kier molecular flexibility index (Phi) is 4.09. The van der Waals surface area contributed by atoms with E-state index in [2.05, 4.69) is 9.88 Å². The highest BCUT2D eigenvalue weighted by Crippen LogP contribution is 2.26. The van der Waals surface area contributed by atoms with Crippen molar-refractivity contribution in [2.45, 2.75) is 31.7 Å². The molecule has 0 unspecified atom stereocenters. The third kappa shape index (κ3) is 4.15. The minimum Gasteiger partial charge on any atom is -0.481 e. The number of rotatable bonds is 7. The lowest BCUT2D eigenvalue weighted by molar-refractivity contribution is -0.137. The van der Waals surface area contributed by atoms with Crippen molar-refractivity contribution in [1.82, 2.24) is 9.88 Å². The molecule has 4 heteroatoms. The van der Waals surface area contributed by atoms with Gasteiger partial charge in [0.2, 0.25) is 0 Å². The van der Waals surface area contributed by atoms with E-state index in [1.807, 2.05) is 12.1 Å². The summed E-state index contributed by atoms with van der Waals surface area (Å²) in [6, 6.07) is 4.65. The molecule has 92 valence electrons. The van der Waals surface area contributed by atoms with Crippen LogP contribution in [0.3, 0.4) is 0 Å². The summed E-state index contributed by atoms with van der Waals surface area (Å²) in [6.45, 7) is 1.62. The zero-order valence-corrected chi connectivity index (χ0v) is 9.88. The first kappa shape index (κ1) is 12.0. The summed E-state index contributed by atoms with van der Waals surface area (Å²) in [7, 11) is 0. The zero-order chi connectivity index (χ0) is 12.1. The molecule has 0 radical (unpaired) electrons. The second-order valence-corrected chi connectivity index (χ2v) is 4.52. The Balaban J connectivity index is 1.79. The molecule has 2 rings (SSSR count). The molecule has 0 amide bonds. The van der Waals surface area contributed by atoms with Crippen LogP contribution in [0.15, 0.2) is 24.5 Å². The Bertz CT molecular complexity index is 363. The maximum atomic E-state index is 10.6. The Morgan fingerprint density at radius 1 is 1.35 bits per heavy atom. The number of carboxylic acids is 1. The van der Waals surface area contributed by atoms with Gasteiger partial charge in [-0.15, -0.1) is 0 Å². The summed E-state index contributed by atoms with van der Waals surface area (Å²) in [5.74, 6) is -0.709. The SMILES string of the molecule is O=C(O)CCN(CCc1ccncc1)C1CC1. The zero-order valence-electron chi connectivity index (χ0n) is 9.88. The van der Waals surface area contributed by atoms with Crippen molar-refractivity contribution in [3.05, 3.63) is 30.1 Å². The maximum Gasteiger partial charge on any atom is 0.304 e. The normalized spacial score (nSPS) is 15.1. The number of aromatic nitrogens is 1. The van der Waals surface area contributed by atoms with E-state index in [0.29, 0.717) is 12.6 Å². The highest BCUT2D eigenvalue weighted by Gasteiger charge is 2.28. The van der Waals surface area contributed by atoms with Crippen LogP contribution in [0.4, 0.5) is 0 Å². The topological polar surface area (TPSA) is 53.4 Å². The summed E-state index contributed by atoms with van der Waals surface area (Å²) in [4.78, 5) is 16.9. The van der Waals surface area contributed by atoms with E-state index in [1.165, 1.54) is 18.4 Å². The second-order valence-electron chi connectivity index (χ2n) is 4.52. The van der Waals surface area contributed by atoms with Gasteiger partial charge in [-0.05, 0) is 37.0 Å².